The Kier molecular flexibility index (Phi) is 13.9. The molecule has 0 aliphatic rings. The molecule has 5 nitrogen and oxygen atoms in total. The number of hydrogen-bond acceptors (Lipinski definition) is 6. The molecule has 21 heavy (non-hydrogen) atoms. The van der Waals surface area contributed by atoms with Crippen LogP contribution in [0.1, 0.15) is 51.9 Å². The van der Waals surface area contributed by atoms with Crippen LogP contribution < -0.4 is 10.5 Å². The molecule has 128 valence electrons. The molecule has 0 aliphatic carbocycles. The van der Waals surface area contributed by atoms with E-state index in [2.05, 4.69) is 11.6 Å². The van der Waals surface area contributed by atoms with Crippen molar-refractivity contribution in [3.63, 3.8) is 0 Å². The lowest BCUT2D eigenvalue weighted by Crippen LogP contribution is -2.47. The second-order valence-electron chi connectivity index (χ2n) is 5.06. The number of unbranched alkanes of at least 4 members (excludes halogenated alkanes) is 5. The second kappa shape index (κ2) is 13.8. The number of ether oxygens (including phenoxy) is 3. The molecule has 0 aromatic rings. The number of nitrogens with one attached hydrogen (secondary N) is 1. The molecule has 0 spiro atoms. The van der Waals surface area contributed by atoms with Crippen molar-refractivity contribution in [3.8, 4) is 0 Å². The molecule has 1 unspecified atom stereocenters. The Morgan fingerprint density at radius 3 is 2.10 bits per heavy atom. The molecule has 0 heterocycles. The van der Waals surface area contributed by atoms with Gasteiger partial charge in [-0.2, -0.15) is 0 Å². The topological polar surface area (TPSA) is 65.7 Å². The van der Waals surface area contributed by atoms with Crippen molar-refractivity contribution >= 4 is 11.9 Å². The van der Waals surface area contributed by atoms with Gasteiger partial charge < -0.3 is 19.9 Å². The van der Waals surface area contributed by atoms with Crippen LogP contribution in [-0.4, -0.2) is 45.6 Å². The zero-order valence-electron chi connectivity index (χ0n) is 14.2. The maximum Gasteiger partial charge on any atom is 0.296 e. The highest BCUT2D eigenvalue weighted by Crippen LogP contribution is 2.31. The number of rotatable bonds is 15. The fraction of sp³-hybridized carbons (Fsp3) is 1.00. The molecule has 0 saturated carbocycles. The van der Waals surface area contributed by atoms with E-state index in [1.165, 1.54) is 32.1 Å². The monoisotopic (exact) mass is 322 g/mol. The molecule has 6 heteroatoms. The molecule has 0 aliphatic heterocycles. The molecule has 0 aromatic heterocycles. The number of hydrogen-bond donors (Lipinski definition) is 2. The predicted molar refractivity (Wildman–Crippen MR) is 90.2 cm³/mol. The molecule has 0 fully saturated rings. The van der Waals surface area contributed by atoms with Gasteiger partial charge in [-0.25, -0.2) is 0 Å². The van der Waals surface area contributed by atoms with E-state index in [0.717, 1.165) is 19.4 Å². The molecular formula is C15H34N2O3S. The first-order chi connectivity index (χ1) is 10.2. The zero-order valence-corrected chi connectivity index (χ0v) is 15.0. The predicted octanol–water partition coefficient (Wildman–Crippen LogP) is 2.90. The summed E-state index contributed by atoms with van der Waals surface area (Å²) in [6.45, 7) is 3.60. The molecule has 0 amide bonds. The summed E-state index contributed by atoms with van der Waals surface area (Å²) in [6.07, 6.45) is 8.58. The first kappa shape index (κ1) is 21.1. The lowest BCUT2D eigenvalue weighted by molar-refractivity contribution is -0.351. The van der Waals surface area contributed by atoms with Crippen molar-refractivity contribution in [2.24, 2.45) is 5.73 Å². The van der Waals surface area contributed by atoms with E-state index in [1.807, 2.05) is 0 Å². The van der Waals surface area contributed by atoms with Crippen molar-refractivity contribution in [3.05, 3.63) is 0 Å². The average Bonchev–Trinajstić information content (AvgIpc) is 2.52. The summed E-state index contributed by atoms with van der Waals surface area (Å²) in [4.78, 5) is 0. The molecule has 0 rings (SSSR count). The third kappa shape index (κ3) is 8.38. The van der Waals surface area contributed by atoms with Crippen LogP contribution in [0, 0.1) is 0 Å². The lowest BCUT2D eigenvalue weighted by Gasteiger charge is -2.35. The Balaban J connectivity index is 4.30. The van der Waals surface area contributed by atoms with E-state index in [0.29, 0.717) is 6.54 Å². The summed E-state index contributed by atoms with van der Waals surface area (Å²) < 4.78 is 19.7. The summed E-state index contributed by atoms with van der Waals surface area (Å²) in [6, 6.07) is 0. The molecular weight excluding hydrogens is 288 g/mol. The van der Waals surface area contributed by atoms with Gasteiger partial charge in [-0.1, -0.05) is 57.4 Å². The van der Waals surface area contributed by atoms with Crippen molar-refractivity contribution in [2.75, 3.05) is 34.4 Å². The smallest absolute Gasteiger partial charge is 0.296 e. The summed E-state index contributed by atoms with van der Waals surface area (Å²) in [7, 11) is 4.85. The molecule has 3 N–H and O–H groups in total. The third-order valence-electron chi connectivity index (χ3n) is 3.54. The van der Waals surface area contributed by atoms with Crippen molar-refractivity contribution in [2.45, 2.75) is 63.1 Å². The van der Waals surface area contributed by atoms with Gasteiger partial charge in [0.05, 0.1) is 0 Å². The van der Waals surface area contributed by atoms with Gasteiger partial charge in [0.2, 0.25) is 0 Å². The summed E-state index contributed by atoms with van der Waals surface area (Å²) in [5.41, 5.74) is 5.52. The summed E-state index contributed by atoms with van der Waals surface area (Å²) in [5, 5.41) is 0.0650. The minimum absolute atomic E-state index is 0.0650. The standard InChI is InChI=1S/C15H34N2O3S/c1-5-6-7-8-9-10-11-14(21-17-13-12-16)15(18-2,19-3)20-4/h14,17H,5-13,16H2,1-4H3. The Hall–Kier alpha value is 0.150. The summed E-state index contributed by atoms with van der Waals surface area (Å²) >= 11 is 1.59. The first-order valence-corrected chi connectivity index (χ1v) is 8.82. The van der Waals surface area contributed by atoms with Gasteiger partial charge in [0, 0.05) is 34.4 Å². The van der Waals surface area contributed by atoms with E-state index in [1.54, 1.807) is 33.3 Å². The van der Waals surface area contributed by atoms with E-state index in [9.17, 15) is 0 Å². The average molecular weight is 323 g/mol. The van der Waals surface area contributed by atoms with Crippen LogP contribution in [0.15, 0.2) is 0 Å². The van der Waals surface area contributed by atoms with Crippen LogP contribution in [0.25, 0.3) is 0 Å². The quantitative estimate of drug-likeness (QED) is 0.274. The number of nitrogens with two attached hydrogens (primary N) is 1. The van der Waals surface area contributed by atoms with Crippen LogP contribution in [-0.2, 0) is 14.2 Å². The molecule has 0 radical (unpaired) electrons. The maximum atomic E-state index is 5.52. The Morgan fingerprint density at radius 1 is 1.00 bits per heavy atom. The first-order valence-electron chi connectivity index (χ1n) is 7.94. The van der Waals surface area contributed by atoms with Gasteiger partial charge in [-0.15, -0.1) is 0 Å². The van der Waals surface area contributed by atoms with Gasteiger partial charge in [0.25, 0.3) is 5.97 Å². The molecule has 0 bridgehead atoms. The van der Waals surface area contributed by atoms with E-state index < -0.39 is 5.97 Å². The minimum Gasteiger partial charge on any atom is -0.330 e. The van der Waals surface area contributed by atoms with E-state index in [4.69, 9.17) is 19.9 Å². The second-order valence-corrected chi connectivity index (χ2v) is 6.16. The van der Waals surface area contributed by atoms with Crippen LogP contribution >= 0.6 is 11.9 Å². The zero-order chi connectivity index (χ0) is 16.0. The van der Waals surface area contributed by atoms with Crippen LogP contribution in [0.2, 0.25) is 0 Å². The minimum atomic E-state index is -1.00. The van der Waals surface area contributed by atoms with Crippen molar-refractivity contribution in [1.82, 2.24) is 4.72 Å². The Bertz CT molecular complexity index is 221. The van der Waals surface area contributed by atoms with E-state index >= 15 is 0 Å². The summed E-state index contributed by atoms with van der Waals surface area (Å²) in [5.74, 6) is -1.00. The molecule has 0 aromatic carbocycles. The van der Waals surface area contributed by atoms with Gasteiger partial charge in [-0.3, -0.25) is 4.72 Å². The van der Waals surface area contributed by atoms with Gasteiger partial charge in [-0.05, 0) is 6.42 Å². The van der Waals surface area contributed by atoms with Gasteiger partial charge in [0.15, 0.2) is 0 Å². The van der Waals surface area contributed by atoms with Gasteiger partial charge in [0.1, 0.15) is 5.25 Å². The van der Waals surface area contributed by atoms with E-state index in [-0.39, 0.29) is 5.25 Å². The number of methoxy groups -OCH3 is 3. The highest BCUT2D eigenvalue weighted by molar-refractivity contribution is 7.98. The van der Waals surface area contributed by atoms with Crippen LogP contribution in [0.5, 0.6) is 0 Å². The highest BCUT2D eigenvalue weighted by atomic mass is 32.2. The maximum absolute atomic E-state index is 5.52. The fourth-order valence-corrected chi connectivity index (χ4v) is 3.44. The largest absolute Gasteiger partial charge is 0.330 e. The van der Waals surface area contributed by atoms with Gasteiger partial charge >= 0.3 is 0 Å². The lowest BCUT2D eigenvalue weighted by atomic mass is 10.1. The normalized spacial score (nSPS) is 13.6. The third-order valence-corrected chi connectivity index (χ3v) is 4.72. The Morgan fingerprint density at radius 2 is 1.57 bits per heavy atom. The molecule has 1 atom stereocenters. The Labute approximate surface area is 134 Å². The molecule has 0 saturated heterocycles. The van der Waals surface area contributed by atoms with Crippen LogP contribution in [0.4, 0.5) is 0 Å². The SMILES string of the molecule is CCCCCCCCC(SNCCN)C(OC)(OC)OC. The fourth-order valence-electron chi connectivity index (χ4n) is 2.28. The van der Waals surface area contributed by atoms with Crippen molar-refractivity contribution < 1.29 is 14.2 Å². The van der Waals surface area contributed by atoms with Crippen molar-refractivity contribution in [1.29, 1.82) is 0 Å². The highest BCUT2D eigenvalue weighted by Gasteiger charge is 2.40. The van der Waals surface area contributed by atoms with Crippen LogP contribution in [0.3, 0.4) is 0 Å².